The van der Waals surface area contributed by atoms with Gasteiger partial charge in [0.1, 0.15) is 0 Å². The van der Waals surface area contributed by atoms with Crippen LogP contribution in [0.5, 0.6) is 0 Å². The predicted octanol–water partition coefficient (Wildman–Crippen LogP) is 2.91. The molecule has 92 valence electrons. The van der Waals surface area contributed by atoms with Crippen molar-refractivity contribution in [1.29, 1.82) is 0 Å². The van der Waals surface area contributed by atoms with Crippen LogP contribution in [-0.4, -0.2) is 6.04 Å². The second kappa shape index (κ2) is 5.48. The first-order valence-electron chi connectivity index (χ1n) is 6.48. The summed E-state index contributed by atoms with van der Waals surface area (Å²) in [4.78, 5) is 0. The average molecular weight is 230 g/mol. The monoisotopic (exact) mass is 230 g/mol. The molecule has 1 aromatic rings. The Labute approximate surface area is 104 Å². The second-order valence-corrected chi connectivity index (χ2v) is 4.96. The van der Waals surface area contributed by atoms with Crippen molar-refractivity contribution in [2.45, 2.75) is 43.6 Å². The van der Waals surface area contributed by atoms with Gasteiger partial charge in [-0.15, -0.1) is 6.58 Å². The van der Waals surface area contributed by atoms with E-state index in [1.807, 2.05) is 6.08 Å². The van der Waals surface area contributed by atoms with E-state index < -0.39 is 0 Å². The molecule has 0 amide bonds. The van der Waals surface area contributed by atoms with E-state index in [4.69, 9.17) is 5.84 Å². The maximum Gasteiger partial charge on any atom is 0.0484 e. The Balaban J connectivity index is 2.39. The largest absolute Gasteiger partial charge is 0.271 e. The molecule has 3 N–H and O–H groups in total. The van der Waals surface area contributed by atoms with E-state index in [1.54, 1.807) is 0 Å². The molecule has 1 fully saturated rings. The molecule has 0 spiro atoms. The van der Waals surface area contributed by atoms with Crippen LogP contribution in [0.1, 0.15) is 37.7 Å². The van der Waals surface area contributed by atoms with Crippen molar-refractivity contribution in [1.82, 2.24) is 5.43 Å². The molecule has 2 rings (SSSR count). The molecule has 1 unspecified atom stereocenters. The van der Waals surface area contributed by atoms with Crippen molar-refractivity contribution in [2.24, 2.45) is 5.84 Å². The molecule has 1 aliphatic rings. The third kappa shape index (κ3) is 2.28. The van der Waals surface area contributed by atoms with E-state index in [0.29, 0.717) is 0 Å². The van der Waals surface area contributed by atoms with Crippen LogP contribution >= 0.6 is 0 Å². The quantitative estimate of drug-likeness (QED) is 0.474. The number of hydrazine groups is 1. The molecule has 17 heavy (non-hydrogen) atoms. The van der Waals surface area contributed by atoms with Gasteiger partial charge in [0.25, 0.3) is 0 Å². The summed E-state index contributed by atoms with van der Waals surface area (Å²) < 4.78 is 0. The first kappa shape index (κ1) is 12.3. The molecule has 0 aromatic heterocycles. The van der Waals surface area contributed by atoms with Gasteiger partial charge in [-0.2, -0.15) is 0 Å². The molecule has 1 atom stereocenters. The molecule has 2 heteroatoms. The molecular formula is C15H22N2. The van der Waals surface area contributed by atoms with E-state index in [-0.39, 0.29) is 11.5 Å². The summed E-state index contributed by atoms with van der Waals surface area (Å²) in [5, 5.41) is 0. The van der Waals surface area contributed by atoms with Gasteiger partial charge in [0.2, 0.25) is 0 Å². The third-order valence-electron chi connectivity index (χ3n) is 4.11. The SMILES string of the molecule is C=CC(NN)C1(c2ccccc2)CCCCC1. The number of nitrogens with one attached hydrogen (secondary N) is 1. The van der Waals surface area contributed by atoms with Crippen LogP contribution in [0.3, 0.4) is 0 Å². The van der Waals surface area contributed by atoms with E-state index >= 15 is 0 Å². The molecule has 0 bridgehead atoms. The summed E-state index contributed by atoms with van der Waals surface area (Å²) in [7, 11) is 0. The summed E-state index contributed by atoms with van der Waals surface area (Å²) >= 11 is 0. The summed E-state index contributed by atoms with van der Waals surface area (Å²) in [5.74, 6) is 5.72. The zero-order valence-corrected chi connectivity index (χ0v) is 10.4. The standard InChI is InChI=1S/C15H22N2/c1-2-14(17-16)15(11-7-4-8-12-15)13-9-5-3-6-10-13/h2-3,5-6,9-10,14,17H,1,4,7-8,11-12,16H2. The van der Waals surface area contributed by atoms with Crippen molar-refractivity contribution >= 4 is 0 Å². The highest BCUT2D eigenvalue weighted by Gasteiger charge is 2.39. The highest BCUT2D eigenvalue weighted by Crippen LogP contribution is 2.42. The van der Waals surface area contributed by atoms with E-state index in [1.165, 1.54) is 37.7 Å². The topological polar surface area (TPSA) is 38.0 Å². The first-order valence-corrected chi connectivity index (χ1v) is 6.48. The lowest BCUT2D eigenvalue weighted by atomic mass is 9.65. The normalized spacial score (nSPS) is 20.8. The van der Waals surface area contributed by atoms with Gasteiger partial charge < -0.3 is 0 Å². The minimum absolute atomic E-state index is 0.135. The Kier molecular flexibility index (Phi) is 3.97. The van der Waals surface area contributed by atoms with Crippen LogP contribution in [0.25, 0.3) is 0 Å². The van der Waals surface area contributed by atoms with Crippen LogP contribution in [-0.2, 0) is 5.41 Å². The van der Waals surface area contributed by atoms with Gasteiger partial charge in [0.15, 0.2) is 0 Å². The molecule has 1 saturated carbocycles. The van der Waals surface area contributed by atoms with Crippen molar-refractivity contribution in [3.8, 4) is 0 Å². The molecule has 1 aliphatic carbocycles. The Bertz CT molecular complexity index is 352. The Morgan fingerprint density at radius 2 is 1.82 bits per heavy atom. The lowest BCUT2D eigenvalue weighted by molar-refractivity contribution is 0.242. The van der Waals surface area contributed by atoms with E-state index in [9.17, 15) is 0 Å². The smallest absolute Gasteiger partial charge is 0.0484 e. The van der Waals surface area contributed by atoms with Gasteiger partial charge in [-0.3, -0.25) is 11.3 Å². The zero-order valence-electron chi connectivity index (χ0n) is 10.4. The fraction of sp³-hybridized carbons (Fsp3) is 0.467. The molecule has 1 aromatic carbocycles. The maximum atomic E-state index is 5.72. The average Bonchev–Trinajstić information content (AvgIpc) is 2.42. The molecule has 2 nitrogen and oxygen atoms in total. The molecule has 0 radical (unpaired) electrons. The Morgan fingerprint density at radius 1 is 1.18 bits per heavy atom. The van der Waals surface area contributed by atoms with Crippen molar-refractivity contribution in [2.75, 3.05) is 0 Å². The third-order valence-corrected chi connectivity index (χ3v) is 4.11. The van der Waals surface area contributed by atoms with Gasteiger partial charge in [-0.1, -0.05) is 55.7 Å². The van der Waals surface area contributed by atoms with Crippen LogP contribution in [0.4, 0.5) is 0 Å². The number of benzene rings is 1. The zero-order chi connectivity index (χ0) is 12.1. The van der Waals surface area contributed by atoms with Crippen LogP contribution < -0.4 is 11.3 Å². The number of hydrogen-bond acceptors (Lipinski definition) is 2. The first-order chi connectivity index (χ1) is 8.33. The van der Waals surface area contributed by atoms with E-state index in [2.05, 4.69) is 42.3 Å². The number of hydrogen-bond donors (Lipinski definition) is 2. The van der Waals surface area contributed by atoms with Crippen LogP contribution in [0, 0.1) is 0 Å². The van der Waals surface area contributed by atoms with Gasteiger partial charge in [-0.05, 0) is 18.4 Å². The van der Waals surface area contributed by atoms with Crippen LogP contribution in [0.15, 0.2) is 43.0 Å². The summed E-state index contributed by atoms with van der Waals surface area (Å²) in [6.07, 6.45) is 8.24. The van der Waals surface area contributed by atoms with Gasteiger partial charge >= 0.3 is 0 Å². The Hall–Kier alpha value is -1.12. The highest BCUT2D eigenvalue weighted by molar-refractivity contribution is 5.30. The fourth-order valence-corrected chi connectivity index (χ4v) is 3.19. The van der Waals surface area contributed by atoms with E-state index in [0.717, 1.165) is 0 Å². The number of nitrogens with two attached hydrogens (primary N) is 1. The second-order valence-electron chi connectivity index (χ2n) is 4.96. The van der Waals surface area contributed by atoms with Gasteiger partial charge in [0, 0.05) is 11.5 Å². The Morgan fingerprint density at radius 3 is 2.35 bits per heavy atom. The summed E-state index contributed by atoms with van der Waals surface area (Å²) in [6, 6.07) is 10.9. The predicted molar refractivity (Wildman–Crippen MR) is 72.5 cm³/mol. The molecule has 0 heterocycles. The molecular weight excluding hydrogens is 208 g/mol. The van der Waals surface area contributed by atoms with Crippen LogP contribution in [0.2, 0.25) is 0 Å². The molecule has 0 saturated heterocycles. The highest BCUT2D eigenvalue weighted by atomic mass is 15.2. The summed E-state index contributed by atoms with van der Waals surface area (Å²) in [6.45, 7) is 3.94. The van der Waals surface area contributed by atoms with Crippen molar-refractivity contribution < 1.29 is 0 Å². The lowest BCUT2D eigenvalue weighted by Crippen LogP contribution is -2.51. The lowest BCUT2D eigenvalue weighted by Gasteiger charge is -2.42. The fourth-order valence-electron chi connectivity index (χ4n) is 3.19. The molecule has 0 aliphatic heterocycles. The summed E-state index contributed by atoms with van der Waals surface area (Å²) in [5.41, 5.74) is 4.47. The number of rotatable bonds is 4. The minimum Gasteiger partial charge on any atom is -0.271 e. The van der Waals surface area contributed by atoms with Gasteiger partial charge in [-0.25, -0.2) is 0 Å². The maximum absolute atomic E-state index is 5.72. The van der Waals surface area contributed by atoms with Crippen molar-refractivity contribution in [3.05, 3.63) is 48.6 Å². The van der Waals surface area contributed by atoms with Gasteiger partial charge in [0.05, 0.1) is 0 Å². The minimum atomic E-state index is 0.135. The van der Waals surface area contributed by atoms with Crippen molar-refractivity contribution in [3.63, 3.8) is 0 Å².